The van der Waals surface area contributed by atoms with Crippen LogP contribution in [0.25, 0.3) is 0 Å². The highest BCUT2D eigenvalue weighted by Gasteiger charge is 2.08. The molecule has 1 heterocycles. The maximum absolute atomic E-state index is 11.9. The molecule has 1 aromatic carbocycles. The predicted molar refractivity (Wildman–Crippen MR) is 96.4 cm³/mol. The quantitative estimate of drug-likeness (QED) is 0.723. The molecule has 0 spiro atoms. The smallest absolute Gasteiger partial charge is 0.224 e. The van der Waals surface area contributed by atoms with Gasteiger partial charge < -0.3 is 11.1 Å². The summed E-state index contributed by atoms with van der Waals surface area (Å²) in [5.74, 6) is 0.00533. The van der Waals surface area contributed by atoms with Crippen molar-refractivity contribution in [1.82, 2.24) is 0 Å². The van der Waals surface area contributed by atoms with E-state index in [0.717, 1.165) is 22.9 Å². The molecule has 1 amide bonds. The maximum Gasteiger partial charge on any atom is 0.224 e. The topological polar surface area (TPSA) is 55.1 Å². The van der Waals surface area contributed by atoms with Crippen LogP contribution < -0.4 is 11.1 Å². The highest BCUT2D eigenvalue weighted by atomic mass is 79.9. The molecular weight excluding hydrogens is 372 g/mol. The third kappa shape index (κ3) is 5.34. The lowest BCUT2D eigenvalue weighted by Gasteiger charge is -2.11. The monoisotopic (exact) mass is 388 g/mol. The maximum atomic E-state index is 11.9. The van der Waals surface area contributed by atoms with Gasteiger partial charge in [0, 0.05) is 15.8 Å². The summed E-state index contributed by atoms with van der Waals surface area (Å²) in [6, 6.07) is 7.89. The number of nitrogens with one attached hydrogen (secondary N) is 1. The minimum absolute atomic E-state index is 0. The lowest BCUT2D eigenvalue weighted by atomic mass is 10.1. The molecule has 0 unspecified atom stereocenters. The van der Waals surface area contributed by atoms with E-state index in [4.69, 9.17) is 5.73 Å². The fourth-order valence-electron chi connectivity index (χ4n) is 1.95. The number of nitrogens with two attached hydrogens (primary N) is 1. The molecule has 0 atom stereocenters. The van der Waals surface area contributed by atoms with E-state index in [1.54, 1.807) is 11.3 Å². The average molecular weight is 390 g/mol. The van der Waals surface area contributed by atoms with Gasteiger partial charge in [-0.2, -0.15) is 0 Å². The number of halogens is 2. The summed E-state index contributed by atoms with van der Waals surface area (Å²) < 4.78 is 0.915. The molecule has 0 aliphatic heterocycles. The number of nitrogen functional groups attached to an aromatic ring is 1. The number of anilines is 2. The summed E-state index contributed by atoms with van der Waals surface area (Å²) in [7, 11) is 0. The number of hydrogen-bond acceptors (Lipinski definition) is 3. The summed E-state index contributed by atoms with van der Waals surface area (Å²) in [4.78, 5) is 13.3. The molecule has 6 heteroatoms. The lowest BCUT2D eigenvalue weighted by molar-refractivity contribution is -0.116. The Morgan fingerprint density at radius 1 is 1.43 bits per heavy atom. The molecule has 0 fully saturated rings. The predicted octanol–water partition coefficient (Wildman–Crippen LogP) is 4.78. The van der Waals surface area contributed by atoms with Gasteiger partial charge in [0.1, 0.15) is 0 Å². The Hall–Kier alpha value is -1.04. The number of thiophene rings is 1. The van der Waals surface area contributed by atoms with Crippen LogP contribution in [0.4, 0.5) is 11.4 Å². The van der Waals surface area contributed by atoms with Gasteiger partial charge >= 0.3 is 0 Å². The van der Waals surface area contributed by atoms with Crippen molar-refractivity contribution in [2.24, 2.45) is 0 Å². The number of benzene rings is 1. The standard InChI is InChI=1S/C15H17BrN2OS.ClH/c1-10-8-11(16)9-13(15(10)17)18-14(19)6-2-4-12-5-3-7-20-12;/h3,5,7-9H,2,4,6,17H2,1H3,(H,18,19);1H. The van der Waals surface area contributed by atoms with Crippen LogP contribution in [0.15, 0.2) is 34.1 Å². The van der Waals surface area contributed by atoms with Gasteiger partial charge in [0.2, 0.25) is 5.91 Å². The minimum atomic E-state index is 0. The summed E-state index contributed by atoms with van der Waals surface area (Å²) in [5.41, 5.74) is 8.23. The Morgan fingerprint density at radius 2 is 2.19 bits per heavy atom. The van der Waals surface area contributed by atoms with E-state index in [0.29, 0.717) is 17.8 Å². The van der Waals surface area contributed by atoms with E-state index in [2.05, 4.69) is 32.7 Å². The molecular formula is C15H18BrClN2OS. The molecule has 0 radical (unpaired) electrons. The molecule has 3 nitrogen and oxygen atoms in total. The van der Waals surface area contributed by atoms with Gasteiger partial charge in [-0.25, -0.2) is 0 Å². The molecule has 3 N–H and O–H groups in total. The van der Waals surface area contributed by atoms with Crippen molar-refractivity contribution in [2.45, 2.75) is 26.2 Å². The van der Waals surface area contributed by atoms with Crippen molar-refractivity contribution in [3.63, 3.8) is 0 Å². The third-order valence-corrected chi connectivity index (χ3v) is 4.43. The van der Waals surface area contributed by atoms with Crippen molar-refractivity contribution in [1.29, 1.82) is 0 Å². The van der Waals surface area contributed by atoms with Crippen LogP contribution in [0.2, 0.25) is 0 Å². The van der Waals surface area contributed by atoms with Gasteiger partial charge in [-0.05, 0) is 48.9 Å². The fourth-order valence-corrected chi connectivity index (χ4v) is 3.27. The molecule has 0 aliphatic rings. The molecule has 114 valence electrons. The number of carbonyl (C=O) groups excluding carboxylic acids is 1. The largest absolute Gasteiger partial charge is 0.397 e. The Labute approximate surface area is 143 Å². The van der Waals surface area contributed by atoms with Crippen molar-refractivity contribution in [3.8, 4) is 0 Å². The molecule has 0 bridgehead atoms. The van der Waals surface area contributed by atoms with Crippen LogP contribution >= 0.6 is 39.7 Å². The molecule has 0 saturated carbocycles. The Bertz CT molecular complexity index is 602. The SMILES string of the molecule is Cc1cc(Br)cc(NC(=O)CCCc2cccs2)c1N.Cl. The summed E-state index contributed by atoms with van der Waals surface area (Å²) in [5, 5.41) is 4.94. The Balaban J connectivity index is 0.00000220. The van der Waals surface area contributed by atoms with Gasteiger partial charge in [-0.1, -0.05) is 22.0 Å². The Morgan fingerprint density at radius 3 is 2.86 bits per heavy atom. The van der Waals surface area contributed by atoms with Crippen molar-refractivity contribution in [3.05, 3.63) is 44.6 Å². The Kier molecular flexibility index (Phi) is 7.22. The first-order chi connectivity index (χ1) is 9.56. The first-order valence-corrected chi connectivity index (χ1v) is 8.11. The van der Waals surface area contributed by atoms with E-state index in [1.165, 1.54) is 4.88 Å². The number of amides is 1. The lowest BCUT2D eigenvalue weighted by Crippen LogP contribution is -2.13. The van der Waals surface area contributed by atoms with Crippen LogP contribution in [-0.2, 0) is 11.2 Å². The zero-order valence-electron chi connectivity index (χ0n) is 11.7. The average Bonchev–Trinajstić information content (AvgIpc) is 2.88. The van der Waals surface area contributed by atoms with E-state index < -0.39 is 0 Å². The summed E-state index contributed by atoms with van der Waals surface area (Å²) in [6.07, 6.45) is 2.29. The van der Waals surface area contributed by atoms with Crippen LogP contribution in [-0.4, -0.2) is 5.91 Å². The van der Waals surface area contributed by atoms with Gasteiger partial charge in [-0.15, -0.1) is 23.7 Å². The second-order valence-corrected chi connectivity index (χ2v) is 6.61. The number of aryl methyl sites for hydroxylation is 2. The van der Waals surface area contributed by atoms with Gasteiger partial charge in [0.25, 0.3) is 0 Å². The van der Waals surface area contributed by atoms with Crippen molar-refractivity contribution in [2.75, 3.05) is 11.1 Å². The van der Waals surface area contributed by atoms with Crippen LogP contribution in [0.5, 0.6) is 0 Å². The van der Waals surface area contributed by atoms with E-state index >= 15 is 0 Å². The van der Waals surface area contributed by atoms with E-state index in [-0.39, 0.29) is 18.3 Å². The molecule has 0 aliphatic carbocycles. The van der Waals surface area contributed by atoms with Gasteiger partial charge in [-0.3, -0.25) is 4.79 Å². The highest BCUT2D eigenvalue weighted by Crippen LogP contribution is 2.27. The van der Waals surface area contributed by atoms with Crippen LogP contribution in [0.3, 0.4) is 0 Å². The summed E-state index contributed by atoms with van der Waals surface area (Å²) >= 11 is 5.14. The van der Waals surface area contributed by atoms with Gasteiger partial charge in [0.15, 0.2) is 0 Å². The van der Waals surface area contributed by atoms with E-state index in [9.17, 15) is 4.79 Å². The molecule has 2 aromatic rings. The van der Waals surface area contributed by atoms with Crippen LogP contribution in [0, 0.1) is 6.92 Å². The first-order valence-electron chi connectivity index (χ1n) is 6.44. The molecule has 21 heavy (non-hydrogen) atoms. The van der Waals surface area contributed by atoms with Crippen molar-refractivity contribution >= 4 is 57.0 Å². The molecule has 0 saturated heterocycles. The van der Waals surface area contributed by atoms with Crippen LogP contribution in [0.1, 0.15) is 23.3 Å². The number of carbonyl (C=O) groups is 1. The zero-order valence-corrected chi connectivity index (χ0v) is 14.9. The van der Waals surface area contributed by atoms with Crippen molar-refractivity contribution < 1.29 is 4.79 Å². The highest BCUT2D eigenvalue weighted by molar-refractivity contribution is 9.10. The van der Waals surface area contributed by atoms with Gasteiger partial charge in [0.05, 0.1) is 11.4 Å². The molecule has 2 rings (SSSR count). The number of hydrogen-bond donors (Lipinski definition) is 2. The fraction of sp³-hybridized carbons (Fsp3) is 0.267. The minimum Gasteiger partial charge on any atom is -0.397 e. The normalized spacial score (nSPS) is 10.0. The van der Waals surface area contributed by atoms with E-state index in [1.807, 2.05) is 25.1 Å². The third-order valence-electron chi connectivity index (χ3n) is 3.03. The first kappa shape index (κ1) is 18.0. The molecule has 1 aromatic heterocycles. The zero-order chi connectivity index (χ0) is 14.5. The second-order valence-electron chi connectivity index (χ2n) is 4.67. The number of rotatable bonds is 5. The second kappa shape index (κ2) is 8.41. The summed E-state index contributed by atoms with van der Waals surface area (Å²) in [6.45, 7) is 1.92.